The molecule has 0 spiro atoms. The summed E-state index contributed by atoms with van der Waals surface area (Å²) in [6, 6.07) is 7.57. The topological polar surface area (TPSA) is 41.6 Å². The average Bonchev–Trinajstić information content (AvgIpc) is 2.77. The molecule has 1 saturated heterocycles. The van der Waals surface area contributed by atoms with Crippen molar-refractivity contribution in [3.05, 3.63) is 34.9 Å². The van der Waals surface area contributed by atoms with Crippen LogP contribution in [0, 0.1) is 5.92 Å². The Kier molecular flexibility index (Phi) is 5.40. The first-order chi connectivity index (χ1) is 9.58. The quantitative estimate of drug-likeness (QED) is 0.820. The average molecular weight is 297 g/mol. The van der Waals surface area contributed by atoms with Gasteiger partial charge in [0.2, 0.25) is 5.91 Å². The molecule has 0 bridgehead atoms. The van der Waals surface area contributed by atoms with Gasteiger partial charge in [0, 0.05) is 18.2 Å². The van der Waals surface area contributed by atoms with Crippen molar-refractivity contribution in [1.29, 1.82) is 0 Å². The lowest BCUT2D eigenvalue weighted by molar-refractivity contribution is -0.128. The molecule has 1 N–H and O–H groups in total. The minimum Gasteiger partial charge on any atom is -0.379 e. The molecule has 2 rings (SSSR count). The second-order valence-corrected chi connectivity index (χ2v) is 5.83. The van der Waals surface area contributed by atoms with Gasteiger partial charge in [-0.3, -0.25) is 10.1 Å². The van der Waals surface area contributed by atoms with Crippen LogP contribution in [0.25, 0.3) is 0 Å². The number of rotatable bonds is 6. The van der Waals surface area contributed by atoms with E-state index in [2.05, 4.69) is 19.2 Å². The van der Waals surface area contributed by atoms with Gasteiger partial charge in [-0.2, -0.15) is 0 Å². The smallest absolute Gasteiger partial charge is 0.238 e. The van der Waals surface area contributed by atoms with E-state index >= 15 is 0 Å². The highest BCUT2D eigenvalue weighted by atomic mass is 35.5. The van der Waals surface area contributed by atoms with E-state index in [9.17, 15) is 4.79 Å². The summed E-state index contributed by atoms with van der Waals surface area (Å²) in [4.78, 5) is 13.8. The number of halogens is 1. The van der Waals surface area contributed by atoms with E-state index in [1.165, 1.54) is 0 Å². The third-order valence-electron chi connectivity index (χ3n) is 3.19. The molecule has 20 heavy (non-hydrogen) atoms. The third-order valence-corrected chi connectivity index (χ3v) is 3.44. The van der Waals surface area contributed by atoms with Gasteiger partial charge >= 0.3 is 0 Å². The molecule has 4 nitrogen and oxygen atoms in total. The molecule has 1 aromatic carbocycles. The van der Waals surface area contributed by atoms with Crippen LogP contribution in [0.5, 0.6) is 0 Å². The first kappa shape index (κ1) is 15.3. The molecule has 1 aromatic rings. The summed E-state index contributed by atoms with van der Waals surface area (Å²) in [5.41, 5.74) is 1.05. The Balaban J connectivity index is 1.94. The molecule has 1 heterocycles. The highest BCUT2D eigenvalue weighted by Gasteiger charge is 2.30. The lowest BCUT2D eigenvalue weighted by atomic mass is 10.1. The van der Waals surface area contributed by atoms with Gasteiger partial charge in [0.15, 0.2) is 0 Å². The zero-order chi connectivity index (χ0) is 14.5. The van der Waals surface area contributed by atoms with E-state index in [0.717, 1.165) is 12.2 Å². The normalized spacial score (nSPS) is 19.1. The summed E-state index contributed by atoms with van der Waals surface area (Å²) in [5.74, 6) is 0.618. The number of amides is 1. The monoisotopic (exact) mass is 296 g/mol. The van der Waals surface area contributed by atoms with Gasteiger partial charge in [0.05, 0.1) is 13.2 Å². The molecule has 1 amide bonds. The van der Waals surface area contributed by atoms with Gasteiger partial charge < -0.3 is 9.64 Å². The van der Waals surface area contributed by atoms with Gasteiger partial charge in [-0.05, 0) is 23.6 Å². The molecule has 0 aromatic heterocycles. The number of nitrogens with zero attached hydrogens (tertiary/aromatic N) is 1. The lowest BCUT2D eigenvalue weighted by Crippen LogP contribution is -2.33. The number of hydrogen-bond acceptors (Lipinski definition) is 3. The van der Waals surface area contributed by atoms with Crippen molar-refractivity contribution >= 4 is 17.5 Å². The Labute approximate surface area is 125 Å². The Morgan fingerprint density at radius 1 is 1.40 bits per heavy atom. The van der Waals surface area contributed by atoms with Crippen LogP contribution in [0.2, 0.25) is 5.02 Å². The molecule has 0 aliphatic carbocycles. The van der Waals surface area contributed by atoms with Gasteiger partial charge in [-0.1, -0.05) is 37.6 Å². The first-order valence-corrected chi connectivity index (χ1v) is 7.32. The summed E-state index contributed by atoms with van der Waals surface area (Å²) in [7, 11) is 0. The Hall–Kier alpha value is -1.10. The van der Waals surface area contributed by atoms with Gasteiger partial charge in [0.25, 0.3) is 0 Å². The number of nitrogens with one attached hydrogen (secondary N) is 1. The zero-order valence-electron chi connectivity index (χ0n) is 11.9. The number of hydrogen-bond donors (Lipinski definition) is 1. The third kappa shape index (κ3) is 3.95. The van der Waals surface area contributed by atoms with Crippen LogP contribution >= 0.6 is 11.6 Å². The number of ether oxygens (including phenoxy) is 1. The fraction of sp³-hybridized carbons (Fsp3) is 0.533. The van der Waals surface area contributed by atoms with E-state index in [4.69, 9.17) is 16.3 Å². The van der Waals surface area contributed by atoms with Crippen LogP contribution in [0.4, 0.5) is 0 Å². The van der Waals surface area contributed by atoms with Gasteiger partial charge in [-0.25, -0.2) is 0 Å². The van der Waals surface area contributed by atoms with Crippen LogP contribution in [-0.4, -0.2) is 37.1 Å². The van der Waals surface area contributed by atoms with Crippen molar-refractivity contribution in [2.45, 2.75) is 20.0 Å². The first-order valence-electron chi connectivity index (χ1n) is 6.94. The van der Waals surface area contributed by atoms with Gasteiger partial charge in [-0.15, -0.1) is 0 Å². The summed E-state index contributed by atoms with van der Waals surface area (Å²) in [6.45, 7) is 6.48. The van der Waals surface area contributed by atoms with E-state index in [-0.39, 0.29) is 12.1 Å². The Morgan fingerprint density at radius 2 is 2.10 bits per heavy atom. The van der Waals surface area contributed by atoms with Crippen LogP contribution in [-0.2, 0) is 9.53 Å². The maximum Gasteiger partial charge on any atom is 0.238 e. The van der Waals surface area contributed by atoms with Crippen molar-refractivity contribution in [2.75, 3.05) is 26.3 Å². The molecular formula is C15H21ClN2O2. The minimum atomic E-state index is -0.0811. The van der Waals surface area contributed by atoms with Gasteiger partial charge in [0.1, 0.15) is 6.17 Å². The Bertz CT molecular complexity index is 448. The summed E-state index contributed by atoms with van der Waals surface area (Å²) >= 11 is 5.89. The molecule has 0 radical (unpaired) electrons. The van der Waals surface area contributed by atoms with Crippen molar-refractivity contribution in [3.63, 3.8) is 0 Å². The van der Waals surface area contributed by atoms with Crippen LogP contribution < -0.4 is 5.32 Å². The van der Waals surface area contributed by atoms with E-state index in [0.29, 0.717) is 30.6 Å². The molecule has 1 aliphatic rings. The molecule has 1 aliphatic heterocycles. The largest absolute Gasteiger partial charge is 0.379 e. The van der Waals surface area contributed by atoms with Crippen LogP contribution in [0.1, 0.15) is 25.6 Å². The van der Waals surface area contributed by atoms with E-state index in [1.54, 1.807) is 0 Å². The van der Waals surface area contributed by atoms with E-state index in [1.807, 2.05) is 29.2 Å². The second-order valence-electron chi connectivity index (χ2n) is 5.39. The zero-order valence-corrected chi connectivity index (χ0v) is 12.7. The SMILES string of the molecule is CC(C)COCCN1C(=O)CNC1c1ccc(Cl)cc1. The number of carbonyl (C=O) groups excluding carboxylic acids is 1. The van der Waals surface area contributed by atoms with Crippen LogP contribution in [0.3, 0.4) is 0 Å². The van der Waals surface area contributed by atoms with Crippen molar-refractivity contribution < 1.29 is 9.53 Å². The maximum atomic E-state index is 11.9. The second kappa shape index (κ2) is 7.07. The van der Waals surface area contributed by atoms with E-state index < -0.39 is 0 Å². The minimum absolute atomic E-state index is 0.0811. The lowest BCUT2D eigenvalue weighted by Gasteiger charge is -2.24. The van der Waals surface area contributed by atoms with Crippen LogP contribution in [0.15, 0.2) is 24.3 Å². The molecule has 0 saturated carbocycles. The highest BCUT2D eigenvalue weighted by molar-refractivity contribution is 6.30. The maximum absolute atomic E-state index is 11.9. The summed E-state index contributed by atoms with van der Waals surface area (Å²) in [5, 5.41) is 3.92. The number of carbonyl (C=O) groups is 1. The fourth-order valence-electron chi connectivity index (χ4n) is 2.22. The summed E-state index contributed by atoms with van der Waals surface area (Å²) < 4.78 is 5.57. The predicted molar refractivity (Wildman–Crippen MR) is 79.6 cm³/mol. The fourth-order valence-corrected chi connectivity index (χ4v) is 2.34. The summed E-state index contributed by atoms with van der Waals surface area (Å²) in [6.07, 6.45) is -0.0811. The molecule has 1 fully saturated rings. The molecule has 1 unspecified atom stereocenters. The van der Waals surface area contributed by atoms with Crippen molar-refractivity contribution in [3.8, 4) is 0 Å². The number of benzene rings is 1. The molecule has 110 valence electrons. The predicted octanol–water partition coefficient (Wildman–Crippen LogP) is 2.44. The Morgan fingerprint density at radius 3 is 2.75 bits per heavy atom. The standard InChI is InChI=1S/C15H21ClN2O2/c1-11(2)10-20-8-7-18-14(19)9-17-15(18)12-3-5-13(16)6-4-12/h3-6,11,15,17H,7-10H2,1-2H3. The highest BCUT2D eigenvalue weighted by Crippen LogP contribution is 2.23. The molecular weight excluding hydrogens is 276 g/mol. The van der Waals surface area contributed by atoms with Crippen molar-refractivity contribution in [1.82, 2.24) is 10.2 Å². The van der Waals surface area contributed by atoms with Crippen molar-refractivity contribution in [2.24, 2.45) is 5.92 Å². The molecule has 5 heteroatoms. The molecule has 1 atom stereocenters.